The molecule has 0 saturated carbocycles. The minimum atomic E-state index is -0.504. The summed E-state index contributed by atoms with van der Waals surface area (Å²) in [7, 11) is 0. The third-order valence-corrected chi connectivity index (χ3v) is 5.41. The Morgan fingerprint density at radius 1 is 1.20 bits per heavy atom. The van der Waals surface area contributed by atoms with Gasteiger partial charge in [0.05, 0.1) is 17.1 Å². The van der Waals surface area contributed by atoms with E-state index in [1.807, 2.05) is 20.8 Å². The molecule has 3 aromatic rings. The molecule has 160 valence electrons. The molecule has 7 nitrogen and oxygen atoms in total. The van der Waals surface area contributed by atoms with E-state index in [1.165, 1.54) is 0 Å². The predicted octanol–water partition coefficient (Wildman–Crippen LogP) is 4.65. The van der Waals surface area contributed by atoms with Gasteiger partial charge in [0.15, 0.2) is 11.4 Å². The number of nitrogens with one attached hydrogen (secondary N) is 1. The number of anilines is 1. The van der Waals surface area contributed by atoms with Gasteiger partial charge in [-0.2, -0.15) is 0 Å². The molecule has 1 aliphatic rings. The van der Waals surface area contributed by atoms with Crippen molar-refractivity contribution in [2.24, 2.45) is 0 Å². The summed E-state index contributed by atoms with van der Waals surface area (Å²) in [5.41, 5.74) is 4.67. The molecular formula is C23H30N4O3. The van der Waals surface area contributed by atoms with Crippen molar-refractivity contribution in [3.05, 3.63) is 41.2 Å². The van der Waals surface area contributed by atoms with Crippen molar-refractivity contribution in [2.45, 2.75) is 59.6 Å². The number of hydrogen-bond acceptors (Lipinski definition) is 5. The largest absolute Gasteiger partial charge is 0.444 e. The molecule has 1 atom stereocenters. The molecule has 1 amide bonds. The zero-order chi connectivity index (χ0) is 21.6. The summed E-state index contributed by atoms with van der Waals surface area (Å²) < 4.78 is 13.4. The van der Waals surface area contributed by atoms with Gasteiger partial charge in [0, 0.05) is 24.5 Å². The van der Waals surface area contributed by atoms with Gasteiger partial charge in [0.2, 0.25) is 0 Å². The molecule has 0 aliphatic carbocycles. The monoisotopic (exact) mass is 410 g/mol. The highest BCUT2D eigenvalue weighted by Gasteiger charge is 2.29. The lowest BCUT2D eigenvalue weighted by Gasteiger charge is -2.22. The number of carbonyl (C=O) groups is 1. The zero-order valence-corrected chi connectivity index (χ0v) is 18.6. The molecular weight excluding hydrogens is 380 g/mol. The quantitative estimate of drug-likeness (QED) is 0.681. The van der Waals surface area contributed by atoms with Crippen LogP contribution in [-0.4, -0.2) is 40.5 Å². The fraction of sp³-hybridized carbons (Fsp3) is 0.478. The molecule has 1 saturated heterocycles. The number of aryl methyl sites for hydroxylation is 3. The first-order valence-electron chi connectivity index (χ1n) is 10.4. The van der Waals surface area contributed by atoms with Crippen LogP contribution < -0.4 is 10.2 Å². The van der Waals surface area contributed by atoms with Gasteiger partial charge in [-0.3, -0.25) is 4.57 Å². The Labute approximate surface area is 177 Å². The molecule has 30 heavy (non-hydrogen) atoms. The summed E-state index contributed by atoms with van der Waals surface area (Å²) in [6.45, 7) is 13.4. The van der Waals surface area contributed by atoms with Crippen LogP contribution in [0.3, 0.4) is 0 Å². The van der Waals surface area contributed by atoms with E-state index in [0.29, 0.717) is 6.54 Å². The minimum Gasteiger partial charge on any atom is -0.444 e. The SMILES string of the molecule is Cc1cc(N2CCC(NC(=O)OC(C)(C)C)C2)c2onc(-n3c(C)ccc3C)c2c1. The van der Waals surface area contributed by atoms with E-state index in [2.05, 4.69) is 65.0 Å². The van der Waals surface area contributed by atoms with Gasteiger partial charge < -0.3 is 19.5 Å². The summed E-state index contributed by atoms with van der Waals surface area (Å²) in [5, 5.41) is 8.40. The number of benzene rings is 1. The average Bonchev–Trinajstić information content (AvgIpc) is 3.32. The Hall–Kier alpha value is -2.96. The Kier molecular flexibility index (Phi) is 5.00. The number of aromatic nitrogens is 2. The number of alkyl carbamates (subject to hydrolysis) is 1. The van der Waals surface area contributed by atoms with Crippen LogP contribution in [0.15, 0.2) is 28.8 Å². The van der Waals surface area contributed by atoms with Crippen LogP contribution in [0.5, 0.6) is 0 Å². The molecule has 0 spiro atoms. The number of ether oxygens (including phenoxy) is 1. The first-order valence-corrected chi connectivity index (χ1v) is 10.4. The van der Waals surface area contributed by atoms with Crippen LogP contribution in [0.25, 0.3) is 16.8 Å². The van der Waals surface area contributed by atoms with Crippen molar-refractivity contribution in [1.29, 1.82) is 0 Å². The van der Waals surface area contributed by atoms with Gasteiger partial charge in [-0.15, -0.1) is 0 Å². The topological polar surface area (TPSA) is 72.5 Å². The second-order valence-corrected chi connectivity index (χ2v) is 9.20. The summed E-state index contributed by atoms with van der Waals surface area (Å²) in [4.78, 5) is 14.4. The van der Waals surface area contributed by atoms with Gasteiger partial charge >= 0.3 is 6.09 Å². The van der Waals surface area contributed by atoms with Crippen LogP contribution in [0.1, 0.15) is 44.1 Å². The van der Waals surface area contributed by atoms with Crippen molar-refractivity contribution in [1.82, 2.24) is 15.0 Å². The van der Waals surface area contributed by atoms with E-state index in [-0.39, 0.29) is 12.1 Å². The fourth-order valence-corrected chi connectivity index (χ4v) is 4.12. The number of hydrogen-bond donors (Lipinski definition) is 1. The Bertz CT molecular complexity index is 1070. The van der Waals surface area contributed by atoms with Crippen LogP contribution >= 0.6 is 0 Å². The Morgan fingerprint density at radius 3 is 2.57 bits per heavy atom. The number of fused-ring (bicyclic) bond motifs is 1. The number of rotatable bonds is 3. The molecule has 1 unspecified atom stereocenters. The van der Waals surface area contributed by atoms with Crippen molar-refractivity contribution >= 4 is 22.7 Å². The fourth-order valence-electron chi connectivity index (χ4n) is 4.12. The van der Waals surface area contributed by atoms with E-state index in [0.717, 1.165) is 52.4 Å². The van der Waals surface area contributed by atoms with E-state index in [1.54, 1.807) is 0 Å². The molecule has 0 radical (unpaired) electrons. The Morgan fingerprint density at radius 2 is 1.90 bits per heavy atom. The third kappa shape index (κ3) is 3.88. The molecule has 1 fully saturated rings. The molecule has 1 aliphatic heterocycles. The molecule has 3 heterocycles. The standard InChI is InChI=1S/C23H30N4O3/c1-14-11-18-20(30-25-21(18)27-15(2)7-8-16(27)3)19(12-14)26-10-9-17(13-26)24-22(28)29-23(4,5)6/h7-8,11-12,17H,9-10,13H2,1-6H3,(H,24,28). The van der Waals surface area contributed by atoms with Crippen LogP contribution in [-0.2, 0) is 4.74 Å². The van der Waals surface area contributed by atoms with Gasteiger partial charge in [-0.05, 0) is 77.8 Å². The normalized spacial score (nSPS) is 17.0. The van der Waals surface area contributed by atoms with Crippen molar-refractivity contribution in [2.75, 3.05) is 18.0 Å². The lowest BCUT2D eigenvalue weighted by atomic mass is 10.1. The highest BCUT2D eigenvalue weighted by molar-refractivity contribution is 5.95. The molecule has 7 heteroatoms. The summed E-state index contributed by atoms with van der Waals surface area (Å²) in [5.74, 6) is 0.817. The minimum absolute atomic E-state index is 0.0340. The van der Waals surface area contributed by atoms with Crippen molar-refractivity contribution in [3.63, 3.8) is 0 Å². The second kappa shape index (κ2) is 7.38. The van der Waals surface area contributed by atoms with Crippen molar-refractivity contribution in [3.8, 4) is 5.82 Å². The third-order valence-electron chi connectivity index (χ3n) is 5.41. The molecule has 1 N–H and O–H groups in total. The predicted molar refractivity (Wildman–Crippen MR) is 118 cm³/mol. The first kappa shape index (κ1) is 20.3. The number of nitrogens with zero attached hydrogens (tertiary/aromatic N) is 3. The van der Waals surface area contributed by atoms with E-state index >= 15 is 0 Å². The van der Waals surface area contributed by atoms with Crippen LogP contribution in [0.2, 0.25) is 0 Å². The molecule has 1 aromatic carbocycles. The summed E-state index contributed by atoms with van der Waals surface area (Å²) >= 11 is 0. The van der Waals surface area contributed by atoms with E-state index in [9.17, 15) is 4.79 Å². The maximum absolute atomic E-state index is 12.1. The second-order valence-electron chi connectivity index (χ2n) is 9.20. The van der Waals surface area contributed by atoms with E-state index < -0.39 is 5.60 Å². The maximum atomic E-state index is 12.1. The van der Waals surface area contributed by atoms with Gasteiger partial charge in [-0.25, -0.2) is 4.79 Å². The summed E-state index contributed by atoms with van der Waals surface area (Å²) in [6, 6.07) is 8.45. The van der Waals surface area contributed by atoms with Gasteiger partial charge in [0.1, 0.15) is 5.60 Å². The maximum Gasteiger partial charge on any atom is 0.407 e. The highest BCUT2D eigenvalue weighted by atomic mass is 16.6. The average molecular weight is 411 g/mol. The van der Waals surface area contributed by atoms with Gasteiger partial charge in [-0.1, -0.05) is 5.16 Å². The smallest absolute Gasteiger partial charge is 0.407 e. The highest BCUT2D eigenvalue weighted by Crippen LogP contribution is 2.35. The summed E-state index contributed by atoms with van der Waals surface area (Å²) in [6.07, 6.45) is 0.482. The van der Waals surface area contributed by atoms with Crippen LogP contribution in [0, 0.1) is 20.8 Å². The van der Waals surface area contributed by atoms with Gasteiger partial charge in [0.25, 0.3) is 0 Å². The molecule has 0 bridgehead atoms. The number of carbonyl (C=O) groups excluding carboxylic acids is 1. The first-order chi connectivity index (χ1) is 14.1. The Balaban J connectivity index is 1.61. The zero-order valence-electron chi connectivity index (χ0n) is 18.6. The van der Waals surface area contributed by atoms with E-state index in [4.69, 9.17) is 9.26 Å². The molecule has 2 aromatic heterocycles. The number of amides is 1. The lowest BCUT2D eigenvalue weighted by Crippen LogP contribution is -2.40. The van der Waals surface area contributed by atoms with Crippen molar-refractivity contribution < 1.29 is 14.1 Å². The molecule has 4 rings (SSSR count). The lowest BCUT2D eigenvalue weighted by molar-refractivity contribution is 0.0509. The van der Waals surface area contributed by atoms with Crippen LogP contribution in [0.4, 0.5) is 10.5 Å².